The number of rotatable bonds is 3. The number of fused-ring (bicyclic) bond motifs is 4. The molecule has 1 aromatic carbocycles. The maximum absolute atomic E-state index is 14.0. The molecule has 2 fully saturated rings. The molecular weight excluding hydrogens is 349 g/mol. The molecule has 1 aromatic rings. The number of halogens is 1. The average molecular weight is 374 g/mol. The fourth-order valence-electron chi connectivity index (χ4n) is 5.11. The van der Waals surface area contributed by atoms with Crippen LogP contribution in [0.1, 0.15) is 39.7 Å². The van der Waals surface area contributed by atoms with Gasteiger partial charge in [0.15, 0.2) is 0 Å². The number of likely N-dealkylation sites (tertiary alicyclic amines) is 1. The van der Waals surface area contributed by atoms with Crippen LogP contribution in [0, 0.1) is 23.6 Å². The van der Waals surface area contributed by atoms with Gasteiger partial charge in [-0.15, -0.1) is 0 Å². The van der Waals surface area contributed by atoms with Crippen molar-refractivity contribution >= 4 is 23.4 Å². The SMILES string of the molecule is CC[C@H](C)N1C(=O)[C@@H]2[C@@H](C(C)C)[NH2+][C@@]3(C(=O)Nc4ccc(F)cc43)[C@@H]2C1=O. The van der Waals surface area contributed by atoms with Gasteiger partial charge in [-0.3, -0.25) is 19.3 Å². The summed E-state index contributed by atoms with van der Waals surface area (Å²) in [6.07, 6.45) is 0.650. The molecule has 0 radical (unpaired) electrons. The zero-order valence-electron chi connectivity index (χ0n) is 16.0. The summed E-state index contributed by atoms with van der Waals surface area (Å²) >= 11 is 0. The van der Waals surface area contributed by atoms with Gasteiger partial charge < -0.3 is 10.6 Å². The predicted molar refractivity (Wildman–Crippen MR) is 95.8 cm³/mol. The van der Waals surface area contributed by atoms with Crippen LogP contribution in [0.15, 0.2) is 18.2 Å². The topological polar surface area (TPSA) is 83.1 Å². The number of carbonyl (C=O) groups excluding carboxylic acids is 3. The fourth-order valence-corrected chi connectivity index (χ4v) is 5.11. The average Bonchev–Trinajstić information content (AvgIpc) is 3.20. The minimum Gasteiger partial charge on any atom is -0.326 e. The number of imide groups is 1. The van der Waals surface area contributed by atoms with Gasteiger partial charge in [0.05, 0.1) is 5.69 Å². The van der Waals surface area contributed by atoms with Gasteiger partial charge in [0.2, 0.25) is 17.4 Å². The first kappa shape index (κ1) is 18.1. The summed E-state index contributed by atoms with van der Waals surface area (Å²) in [7, 11) is 0. The number of amides is 3. The van der Waals surface area contributed by atoms with Gasteiger partial charge in [0.1, 0.15) is 23.7 Å². The Morgan fingerprint density at radius 1 is 1.22 bits per heavy atom. The molecular formula is C20H25FN3O3+. The molecule has 6 nitrogen and oxygen atoms in total. The van der Waals surface area contributed by atoms with Crippen LogP contribution in [0.25, 0.3) is 0 Å². The molecule has 3 heterocycles. The number of nitrogens with zero attached hydrogens (tertiary/aromatic N) is 1. The Morgan fingerprint density at radius 2 is 1.93 bits per heavy atom. The molecule has 4 rings (SSSR count). The van der Waals surface area contributed by atoms with Crippen molar-refractivity contribution in [3.8, 4) is 0 Å². The van der Waals surface area contributed by atoms with Gasteiger partial charge in [0, 0.05) is 17.5 Å². The summed E-state index contributed by atoms with van der Waals surface area (Å²) in [5, 5.41) is 4.65. The molecule has 0 unspecified atom stereocenters. The van der Waals surface area contributed by atoms with Crippen LogP contribution in [-0.4, -0.2) is 34.7 Å². The first-order valence-electron chi connectivity index (χ1n) is 9.58. The highest BCUT2D eigenvalue weighted by Gasteiger charge is 2.74. The van der Waals surface area contributed by atoms with Gasteiger partial charge in [0.25, 0.3) is 5.91 Å². The normalized spacial score (nSPS) is 33.0. The van der Waals surface area contributed by atoms with E-state index in [1.807, 2.05) is 33.0 Å². The van der Waals surface area contributed by atoms with Crippen LogP contribution in [0.5, 0.6) is 0 Å². The highest BCUT2D eigenvalue weighted by molar-refractivity contribution is 6.14. The number of hydrogen-bond acceptors (Lipinski definition) is 3. The molecule has 7 heteroatoms. The monoisotopic (exact) mass is 374 g/mol. The molecule has 0 aliphatic carbocycles. The minimum atomic E-state index is -1.29. The smallest absolute Gasteiger partial charge is 0.291 e. The van der Waals surface area contributed by atoms with E-state index in [0.717, 1.165) is 0 Å². The van der Waals surface area contributed by atoms with Crippen LogP contribution in [0.4, 0.5) is 10.1 Å². The van der Waals surface area contributed by atoms with E-state index in [1.54, 1.807) is 0 Å². The van der Waals surface area contributed by atoms with Gasteiger partial charge in [-0.1, -0.05) is 20.8 Å². The number of benzene rings is 1. The van der Waals surface area contributed by atoms with Gasteiger partial charge >= 0.3 is 0 Å². The lowest BCUT2D eigenvalue weighted by molar-refractivity contribution is -0.738. The van der Waals surface area contributed by atoms with E-state index in [2.05, 4.69) is 5.32 Å². The maximum atomic E-state index is 14.0. The molecule has 3 aliphatic heterocycles. The Bertz CT molecular complexity index is 855. The summed E-state index contributed by atoms with van der Waals surface area (Å²) in [5.74, 6) is -2.63. The summed E-state index contributed by atoms with van der Waals surface area (Å²) in [4.78, 5) is 41.1. The van der Waals surface area contributed by atoms with E-state index >= 15 is 0 Å². The lowest BCUT2D eigenvalue weighted by Gasteiger charge is -2.29. The Hall–Kier alpha value is -2.28. The highest BCUT2D eigenvalue weighted by Crippen LogP contribution is 2.50. The van der Waals surface area contributed by atoms with E-state index in [1.165, 1.54) is 23.1 Å². The third-order valence-electron chi connectivity index (χ3n) is 6.60. The van der Waals surface area contributed by atoms with Crippen LogP contribution in [-0.2, 0) is 19.9 Å². The van der Waals surface area contributed by atoms with E-state index in [-0.39, 0.29) is 35.7 Å². The van der Waals surface area contributed by atoms with Gasteiger partial charge in [-0.2, -0.15) is 0 Å². The number of carbonyl (C=O) groups is 3. The zero-order valence-corrected chi connectivity index (χ0v) is 16.0. The second-order valence-corrected chi connectivity index (χ2v) is 8.31. The van der Waals surface area contributed by atoms with Crippen molar-refractivity contribution in [2.24, 2.45) is 17.8 Å². The number of quaternary nitrogens is 1. The van der Waals surface area contributed by atoms with Crippen molar-refractivity contribution in [2.45, 2.75) is 51.7 Å². The summed E-state index contributed by atoms with van der Waals surface area (Å²) < 4.78 is 14.0. The Kier molecular flexibility index (Phi) is 3.93. The van der Waals surface area contributed by atoms with E-state index in [0.29, 0.717) is 17.7 Å². The Labute approximate surface area is 157 Å². The predicted octanol–water partition coefficient (Wildman–Crippen LogP) is 0.974. The van der Waals surface area contributed by atoms with Gasteiger partial charge in [-0.05, 0) is 31.5 Å². The third kappa shape index (κ3) is 2.18. The number of anilines is 1. The van der Waals surface area contributed by atoms with Crippen molar-refractivity contribution < 1.29 is 24.1 Å². The first-order chi connectivity index (χ1) is 12.7. The molecule has 3 N–H and O–H groups in total. The lowest BCUT2D eigenvalue weighted by atomic mass is 9.76. The zero-order chi connectivity index (χ0) is 19.7. The second kappa shape index (κ2) is 5.86. The number of nitrogens with two attached hydrogens (primary N) is 1. The molecule has 0 aromatic heterocycles. The van der Waals surface area contributed by atoms with Crippen LogP contribution in [0.3, 0.4) is 0 Å². The second-order valence-electron chi connectivity index (χ2n) is 8.31. The van der Waals surface area contributed by atoms with Crippen LogP contribution < -0.4 is 10.6 Å². The minimum absolute atomic E-state index is 0.0796. The van der Waals surface area contributed by atoms with Gasteiger partial charge in [-0.25, -0.2) is 4.39 Å². The van der Waals surface area contributed by atoms with Crippen molar-refractivity contribution in [3.05, 3.63) is 29.6 Å². The number of nitrogens with one attached hydrogen (secondary N) is 1. The molecule has 0 saturated carbocycles. The van der Waals surface area contributed by atoms with Crippen molar-refractivity contribution in [3.63, 3.8) is 0 Å². The molecule has 0 bridgehead atoms. The summed E-state index contributed by atoms with van der Waals surface area (Å²) in [6, 6.07) is 3.69. The largest absolute Gasteiger partial charge is 0.326 e. The Morgan fingerprint density at radius 3 is 2.56 bits per heavy atom. The summed E-state index contributed by atoms with van der Waals surface area (Å²) in [6.45, 7) is 7.74. The lowest BCUT2D eigenvalue weighted by Crippen LogP contribution is -2.99. The highest BCUT2D eigenvalue weighted by atomic mass is 19.1. The van der Waals surface area contributed by atoms with Crippen molar-refractivity contribution in [2.75, 3.05) is 5.32 Å². The number of hydrogen-bond donors (Lipinski definition) is 2. The van der Waals surface area contributed by atoms with Crippen molar-refractivity contribution in [1.82, 2.24) is 4.90 Å². The molecule has 27 heavy (non-hydrogen) atoms. The maximum Gasteiger partial charge on any atom is 0.291 e. The molecule has 144 valence electrons. The van der Waals surface area contributed by atoms with E-state index < -0.39 is 23.2 Å². The summed E-state index contributed by atoms with van der Waals surface area (Å²) in [5.41, 5.74) is -0.299. The fraction of sp³-hybridized carbons (Fsp3) is 0.550. The third-order valence-corrected chi connectivity index (χ3v) is 6.60. The molecule has 1 spiro atoms. The standard InChI is InChI=1S/C20H24FN3O3/c1-5-10(4)24-17(25)14-15(18(24)26)20(23-16(14)9(2)3)12-8-11(21)6-7-13(12)22-19(20)27/h6-10,14-16,23H,5H2,1-4H3,(H,22,27)/p+1/t10-,14-,15-,16+,20+/m0/s1. The van der Waals surface area contributed by atoms with Crippen LogP contribution >= 0.6 is 0 Å². The first-order valence-corrected chi connectivity index (χ1v) is 9.58. The molecule has 5 atom stereocenters. The molecule has 3 aliphatic rings. The van der Waals surface area contributed by atoms with Crippen molar-refractivity contribution in [1.29, 1.82) is 0 Å². The quantitative estimate of drug-likeness (QED) is 0.774. The van der Waals surface area contributed by atoms with E-state index in [4.69, 9.17) is 0 Å². The molecule has 3 amide bonds. The van der Waals surface area contributed by atoms with Crippen LogP contribution in [0.2, 0.25) is 0 Å². The Balaban J connectivity index is 1.92. The van der Waals surface area contributed by atoms with E-state index in [9.17, 15) is 18.8 Å². The molecule has 2 saturated heterocycles.